The molecular weight excluding hydrogens is 432 g/mol. The predicted octanol–water partition coefficient (Wildman–Crippen LogP) is 2.63. The van der Waals surface area contributed by atoms with Gasteiger partial charge in [-0.3, -0.25) is 4.79 Å². The monoisotopic (exact) mass is 461 g/mol. The molecule has 0 bridgehead atoms. The number of benzene rings is 1. The van der Waals surface area contributed by atoms with Crippen LogP contribution in [-0.2, 0) is 24.2 Å². The minimum absolute atomic E-state index is 0.0187. The molecule has 0 saturated carbocycles. The predicted molar refractivity (Wildman–Crippen MR) is 129 cm³/mol. The molecule has 0 radical (unpaired) electrons. The Kier molecular flexibility index (Phi) is 7.41. The van der Waals surface area contributed by atoms with Crippen LogP contribution in [0.5, 0.6) is 0 Å². The Morgan fingerprint density at radius 1 is 1.33 bits per heavy atom. The Hall–Kier alpha value is -1.48. The molecule has 2 heterocycles. The summed E-state index contributed by atoms with van der Waals surface area (Å²) in [5.74, 6) is 1.04. The molecule has 1 atom stereocenters. The first-order valence-corrected chi connectivity index (χ1v) is 12.9. The summed E-state index contributed by atoms with van der Waals surface area (Å²) in [5.41, 5.74) is 2.56. The van der Waals surface area contributed by atoms with Gasteiger partial charge in [0.15, 0.2) is 5.13 Å². The minimum Gasteiger partial charge on any atom is -0.346 e. The van der Waals surface area contributed by atoms with E-state index in [4.69, 9.17) is 12.2 Å². The van der Waals surface area contributed by atoms with Gasteiger partial charge in [-0.05, 0) is 25.2 Å². The van der Waals surface area contributed by atoms with Crippen molar-refractivity contribution in [2.75, 3.05) is 37.2 Å². The lowest BCUT2D eigenvalue weighted by Crippen LogP contribution is -3.13. The molecule has 1 amide bonds. The molecule has 1 aliphatic heterocycles. The molecule has 5 nitrogen and oxygen atoms in total. The van der Waals surface area contributed by atoms with E-state index < -0.39 is 0 Å². The zero-order chi connectivity index (χ0) is 20.9. The summed E-state index contributed by atoms with van der Waals surface area (Å²) in [6, 6.07) is 10.6. The molecule has 2 N–H and O–H groups in total. The van der Waals surface area contributed by atoms with Gasteiger partial charge < -0.3 is 15.1 Å². The fourth-order valence-electron chi connectivity index (χ4n) is 4.03. The lowest BCUT2D eigenvalue weighted by Gasteiger charge is -2.33. The van der Waals surface area contributed by atoms with Gasteiger partial charge in [0.2, 0.25) is 5.91 Å². The number of carbonyl (C=O) groups excluding carboxylic acids is 1. The van der Waals surface area contributed by atoms with Crippen LogP contribution in [0.25, 0.3) is 0 Å². The number of hydrogen-bond acceptors (Lipinski definition) is 5. The fraction of sp³-hybridized carbons (Fsp3) is 0.500. The Morgan fingerprint density at radius 2 is 2.10 bits per heavy atom. The van der Waals surface area contributed by atoms with Crippen molar-refractivity contribution in [3.8, 4) is 0 Å². The number of thiazole rings is 1. The van der Waals surface area contributed by atoms with Crippen molar-refractivity contribution in [1.29, 1.82) is 0 Å². The maximum atomic E-state index is 12.4. The number of thioether (sulfide) groups is 1. The number of quaternary nitrogens is 1. The number of anilines is 1. The van der Waals surface area contributed by atoms with Gasteiger partial charge in [0.05, 0.1) is 37.6 Å². The molecule has 1 aromatic carbocycles. The van der Waals surface area contributed by atoms with Gasteiger partial charge in [0, 0.05) is 10.4 Å². The van der Waals surface area contributed by atoms with Crippen molar-refractivity contribution < 1.29 is 9.69 Å². The second-order valence-corrected chi connectivity index (χ2v) is 10.9. The van der Waals surface area contributed by atoms with Gasteiger partial charge in [-0.1, -0.05) is 61.2 Å². The number of nitrogens with one attached hydrogen (secondary N) is 2. The van der Waals surface area contributed by atoms with Crippen molar-refractivity contribution >= 4 is 50.7 Å². The average Bonchev–Trinajstić information content (AvgIpc) is 3.14. The van der Waals surface area contributed by atoms with Crippen molar-refractivity contribution in [3.05, 3.63) is 46.5 Å². The molecule has 30 heavy (non-hydrogen) atoms. The molecule has 1 aliphatic carbocycles. The second-order valence-electron chi connectivity index (χ2n) is 8.24. The van der Waals surface area contributed by atoms with E-state index in [9.17, 15) is 4.79 Å². The first-order chi connectivity index (χ1) is 14.6. The lowest BCUT2D eigenvalue weighted by atomic mass is 9.93. The van der Waals surface area contributed by atoms with E-state index in [-0.39, 0.29) is 5.91 Å². The molecule has 160 valence electrons. The van der Waals surface area contributed by atoms with Gasteiger partial charge in [-0.15, -0.1) is 11.3 Å². The Balaban J connectivity index is 1.18. The third-order valence-electron chi connectivity index (χ3n) is 5.78. The Bertz CT molecular complexity index is 878. The van der Waals surface area contributed by atoms with E-state index in [1.54, 1.807) is 16.2 Å². The normalized spacial score (nSPS) is 19.4. The van der Waals surface area contributed by atoms with Crippen LogP contribution in [0, 0.1) is 5.92 Å². The number of fused-ring (bicyclic) bond motifs is 1. The summed E-state index contributed by atoms with van der Waals surface area (Å²) in [6.07, 6.45) is 3.30. The number of nitrogens with zero attached hydrogens (tertiary/aromatic N) is 2. The quantitative estimate of drug-likeness (QED) is 0.671. The summed E-state index contributed by atoms with van der Waals surface area (Å²) in [4.78, 5) is 22.2. The van der Waals surface area contributed by atoms with Crippen LogP contribution in [0.2, 0.25) is 0 Å². The molecular formula is C22H29N4OS3+. The van der Waals surface area contributed by atoms with E-state index in [1.807, 2.05) is 0 Å². The number of aryl methyl sites for hydroxylation is 1. The number of amides is 1. The standard InChI is InChI=1S/C22H28N4OS3/c1-16-7-8-18-19(13-16)30-21(23-18)24-20(27)15-29-22(28)26-11-9-25(10-12-26)14-17-5-3-2-4-6-17/h2-6,16H,7-15H2,1H3,(H,23,24,27)/p+1/t16-/m0/s1. The SMILES string of the molecule is C[C@H]1CCc2nc(NC(=O)CSC(=S)N3CC[NH+](Cc4ccccc4)CC3)sc2C1. The summed E-state index contributed by atoms with van der Waals surface area (Å²) in [5, 5.41) is 3.71. The van der Waals surface area contributed by atoms with Crippen molar-refractivity contribution in [3.63, 3.8) is 0 Å². The van der Waals surface area contributed by atoms with Crippen molar-refractivity contribution in [2.45, 2.75) is 32.7 Å². The Morgan fingerprint density at radius 3 is 2.87 bits per heavy atom. The van der Waals surface area contributed by atoms with E-state index in [0.29, 0.717) is 11.7 Å². The molecule has 2 aliphatic rings. The molecule has 2 aromatic rings. The van der Waals surface area contributed by atoms with Gasteiger partial charge in [-0.25, -0.2) is 4.98 Å². The molecule has 0 spiro atoms. The summed E-state index contributed by atoms with van der Waals surface area (Å²) in [6.45, 7) is 7.39. The van der Waals surface area contributed by atoms with Gasteiger partial charge in [-0.2, -0.15) is 0 Å². The number of hydrogen-bond donors (Lipinski definition) is 2. The van der Waals surface area contributed by atoms with Crippen molar-refractivity contribution in [1.82, 2.24) is 9.88 Å². The van der Waals surface area contributed by atoms with E-state index >= 15 is 0 Å². The van der Waals surface area contributed by atoms with E-state index in [0.717, 1.165) is 55.0 Å². The van der Waals surface area contributed by atoms with Crippen LogP contribution in [0.1, 0.15) is 29.5 Å². The van der Waals surface area contributed by atoms with Gasteiger partial charge >= 0.3 is 0 Å². The van der Waals surface area contributed by atoms with Crippen LogP contribution in [0.15, 0.2) is 30.3 Å². The zero-order valence-corrected chi connectivity index (χ0v) is 19.8. The van der Waals surface area contributed by atoms with E-state index in [2.05, 4.69) is 52.5 Å². The number of piperazine rings is 1. The molecule has 1 saturated heterocycles. The maximum absolute atomic E-state index is 12.4. The highest BCUT2D eigenvalue weighted by atomic mass is 32.2. The van der Waals surface area contributed by atoms with Crippen LogP contribution >= 0.6 is 35.3 Å². The minimum atomic E-state index is -0.0187. The Labute approximate surface area is 192 Å². The van der Waals surface area contributed by atoms with Gasteiger partial charge in [0.25, 0.3) is 0 Å². The number of carbonyl (C=O) groups is 1. The number of rotatable bonds is 5. The van der Waals surface area contributed by atoms with Crippen molar-refractivity contribution in [2.24, 2.45) is 5.92 Å². The first kappa shape index (κ1) is 21.7. The van der Waals surface area contributed by atoms with Crippen LogP contribution < -0.4 is 10.2 Å². The molecule has 8 heteroatoms. The van der Waals surface area contributed by atoms with Gasteiger partial charge in [0.1, 0.15) is 10.9 Å². The summed E-state index contributed by atoms with van der Waals surface area (Å²) < 4.78 is 0.830. The summed E-state index contributed by atoms with van der Waals surface area (Å²) in [7, 11) is 0. The van der Waals surface area contributed by atoms with E-state index in [1.165, 1.54) is 34.3 Å². The lowest BCUT2D eigenvalue weighted by molar-refractivity contribution is -0.917. The molecule has 4 rings (SSSR count). The highest BCUT2D eigenvalue weighted by Crippen LogP contribution is 2.32. The van der Waals surface area contributed by atoms with Crippen LogP contribution in [0.4, 0.5) is 5.13 Å². The second kappa shape index (κ2) is 10.2. The molecule has 0 unspecified atom stereocenters. The third-order valence-corrected chi connectivity index (χ3v) is 8.34. The maximum Gasteiger partial charge on any atom is 0.236 e. The number of aromatic nitrogens is 1. The summed E-state index contributed by atoms with van der Waals surface area (Å²) >= 11 is 8.69. The molecule has 1 aromatic heterocycles. The third kappa shape index (κ3) is 5.81. The van der Waals surface area contributed by atoms with Crippen LogP contribution in [0.3, 0.4) is 0 Å². The largest absolute Gasteiger partial charge is 0.346 e. The fourth-order valence-corrected chi connectivity index (χ4v) is 6.27. The number of thiocarbonyl (C=S) groups is 1. The highest BCUT2D eigenvalue weighted by molar-refractivity contribution is 8.23. The highest BCUT2D eigenvalue weighted by Gasteiger charge is 2.23. The zero-order valence-electron chi connectivity index (χ0n) is 17.4. The molecule has 1 fully saturated rings. The average molecular weight is 462 g/mol. The first-order valence-electron chi connectivity index (χ1n) is 10.6. The smallest absolute Gasteiger partial charge is 0.236 e. The topological polar surface area (TPSA) is 49.7 Å². The van der Waals surface area contributed by atoms with Crippen LogP contribution in [-0.4, -0.2) is 52.0 Å².